The van der Waals surface area contributed by atoms with Crippen molar-refractivity contribution in [2.45, 2.75) is 35.5 Å². The Morgan fingerprint density at radius 3 is 2.06 bits per heavy atom. The van der Waals surface area contributed by atoms with E-state index in [2.05, 4.69) is 31.9 Å². The summed E-state index contributed by atoms with van der Waals surface area (Å²) in [6.45, 7) is 1.50. The van der Waals surface area contributed by atoms with Crippen molar-refractivity contribution in [1.29, 1.82) is 0 Å². The van der Waals surface area contributed by atoms with Crippen LogP contribution in [-0.2, 0) is 9.59 Å². The maximum absolute atomic E-state index is 13.7. The zero-order valence-corrected chi connectivity index (χ0v) is 22.6. The van der Waals surface area contributed by atoms with Gasteiger partial charge < -0.3 is 0 Å². The second-order valence-corrected chi connectivity index (χ2v) is 11.6. The van der Waals surface area contributed by atoms with Crippen molar-refractivity contribution in [2.24, 2.45) is 11.8 Å². The number of hydrogen-bond acceptors (Lipinski definition) is 4. The first kappa shape index (κ1) is 25.4. The lowest BCUT2D eigenvalue weighted by atomic mass is 9.81. The molecule has 34 heavy (non-hydrogen) atoms. The number of ketones is 1. The third-order valence-electron chi connectivity index (χ3n) is 6.28. The lowest BCUT2D eigenvalue weighted by Crippen LogP contribution is -2.56. The Morgan fingerprint density at radius 2 is 1.53 bits per heavy atom. The highest BCUT2D eigenvalue weighted by molar-refractivity contribution is 9.12. The molecule has 4 rings (SSSR count). The monoisotopic (exact) mass is 628 g/mol. The third kappa shape index (κ3) is 4.57. The first-order valence-electron chi connectivity index (χ1n) is 10.7. The molecule has 178 valence electrons. The van der Waals surface area contributed by atoms with Gasteiger partial charge in [0.05, 0.1) is 22.4 Å². The van der Waals surface area contributed by atoms with Gasteiger partial charge in [-0.05, 0) is 38.0 Å². The van der Waals surface area contributed by atoms with Gasteiger partial charge in [-0.2, -0.15) is 5.01 Å². The summed E-state index contributed by atoms with van der Waals surface area (Å²) < 4.78 is 0. The van der Waals surface area contributed by atoms with Crippen LogP contribution in [0.1, 0.15) is 40.5 Å². The molecule has 2 aliphatic rings. The molecule has 6 nitrogen and oxygen atoms in total. The molecule has 0 spiro atoms. The molecule has 1 saturated heterocycles. The lowest BCUT2D eigenvalue weighted by Gasteiger charge is -2.35. The molecule has 0 unspecified atom stereocenters. The number of benzene rings is 2. The van der Waals surface area contributed by atoms with Crippen LogP contribution in [0, 0.1) is 11.8 Å². The van der Waals surface area contributed by atoms with Crippen molar-refractivity contribution in [3.63, 3.8) is 0 Å². The largest absolute Gasteiger partial charge is 0.292 e. The predicted octanol–water partition coefficient (Wildman–Crippen LogP) is 5.54. The molecule has 1 aliphatic carbocycles. The van der Waals surface area contributed by atoms with Crippen LogP contribution in [0.2, 0.25) is 10.0 Å². The van der Waals surface area contributed by atoms with Crippen LogP contribution in [0.15, 0.2) is 48.5 Å². The highest BCUT2D eigenvalue weighted by Crippen LogP contribution is 2.44. The van der Waals surface area contributed by atoms with Crippen LogP contribution >= 0.6 is 55.1 Å². The van der Waals surface area contributed by atoms with Gasteiger partial charge in [0.15, 0.2) is 5.78 Å². The first-order valence-corrected chi connectivity index (χ1v) is 13.2. The van der Waals surface area contributed by atoms with E-state index in [1.54, 1.807) is 30.3 Å². The Hall–Kier alpha value is -1.74. The minimum Gasteiger partial charge on any atom is -0.292 e. The maximum Gasteiger partial charge on any atom is 0.275 e. The number of hydrazine groups is 1. The smallest absolute Gasteiger partial charge is 0.275 e. The number of fused-ring (bicyclic) bond motifs is 1. The average Bonchev–Trinajstić information content (AvgIpc) is 3.04. The molecule has 0 radical (unpaired) electrons. The van der Waals surface area contributed by atoms with Gasteiger partial charge >= 0.3 is 0 Å². The summed E-state index contributed by atoms with van der Waals surface area (Å²) >= 11 is 19.4. The Bertz CT molecular complexity index is 1130. The molecular formula is C24H20Br2Cl2N2O4. The van der Waals surface area contributed by atoms with E-state index in [9.17, 15) is 19.2 Å². The van der Waals surface area contributed by atoms with Crippen molar-refractivity contribution >= 4 is 78.6 Å². The number of alkyl halides is 2. The van der Waals surface area contributed by atoms with Crippen LogP contribution in [0.4, 0.5) is 0 Å². The molecule has 0 aromatic heterocycles. The van der Waals surface area contributed by atoms with Crippen LogP contribution in [0.5, 0.6) is 0 Å². The highest BCUT2D eigenvalue weighted by Gasteiger charge is 2.55. The van der Waals surface area contributed by atoms with Gasteiger partial charge in [-0.3, -0.25) is 19.2 Å². The van der Waals surface area contributed by atoms with E-state index in [0.717, 1.165) is 10.0 Å². The van der Waals surface area contributed by atoms with Crippen molar-refractivity contribution in [1.82, 2.24) is 10.0 Å². The second-order valence-electron chi connectivity index (χ2n) is 8.38. The van der Waals surface area contributed by atoms with Crippen molar-refractivity contribution in [3.8, 4) is 0 Å². The highest BCUT2D eigenvalue weighted by atomic mass is 79.9. The molecule has 3 amide bonds. The SMILES string of the molecule is C[C@H](C(=O)c1ccccc1)N(C(=O)c1ccc(Cl)cc1Cl)N1C(=O)[C@H]2C[C@H](Br)[C@@H](Br)C[C@H]2C1=O. The average molecular weight is 631 g/mol. The van der Waals surface area contributed by atoms with Gasteiger partial charge in [0, 0.05) is 20.2 Å². The van der Waals surface area contributed by atoms with E-state index in [1.807, 2.05) is 0 Å². The number of nitrogens with zero attached hydrogens (tertiary/aromatic N) is 2. The fraction of sp³-hybridized carbons (Fsp3) is 0.333. The number of halogens is 4. The molecule has 10 heteroatoms. The van der Waals surface area contributed by atoms with Gasteiger partial charge in [0.1, 0.15) is 6.04 Å². The van der Waals surface area contributed by atoms with Crippen LogP contribution in [0.3, 0.4) is 0 Å². The van der Waals surface area contributed by atoms with E-state index < -0.39 is 41.4 Å². The summed E-state index contributed by atoms with van der Waals surface area (Å²) in [6.07, 6.45) is 0.874. The number of Topliss-reactive ketones (excluding diaryl/α,β-unsaturated/α-hetero) is 1. The molecule has 1 aliphatic heterocycles. The lowest BCUT2D eigenvalue weighted by molar-refractivity contribution is -0.156. The molecule has 2 fully saturated rings. The molecule has 2 aromatic carbocycles. The number of carbonyl (C=O) groups is 4. The topological polar surface area (TPSA) is 74.8 Å². The van der Waals surface area contributed by atoms with Gasteiger partial charge in [0.25, 0.3) is 17.7 Å². The molecule has 1 heterocycles. The molecule has 0 N–H and O–H groups in total. The summed E-state index contributed by atoms with van der Waals surface area (Å²) in [4.78, 5) is 54.1. The van der Waals surface area contributed by atoms with Crippen LogP contribution in [-0.4, -0.2) is 49.2 Å². The standard InChI is InChI=1S/C24H20Br2Cl2N2O4/c1-12(21(31)13-5-3-2-4-6-13)29(22(32)15-8-7-14(27)9-20(15)28)30-23(33)16-10-18(25)19(26)11-17(16)24(30)34/h2-9,12,16-19H,10-11H2,1H3/t12-,16-,17+,18+,19+/m1/s1. The number of imide groups is 1. The van der Waals surface area contributed by atoms with Crippen molar-refractivity contribution < 1.29 is 19.2 Å². The second kappa shape index (κ2) is 10.1. The summed E-state index contributed by atoms with van der Waals surface area (Å²) in [6, 6.07) is 11.6. The Kier molecular flexibility index (Phi) is 7.53. The van der Waals surface area contributed by atoms with E-state index in [4.69, 9.17) is 23.2 Å². The number of carbonyl (C=O) groups excluding carboxylic acids is 4. The third-order valence-corrected chi connectivity index (χ3v) is 9.56. The molecule has 1 saturated carbocycles. The predicted molar refractivity (Wildman–Crippen MR) is 136 cm³/mol. The number of hydrogen-bond donors (Lipinski definition) is 0. The van der Waals surface area contributed by atoms with E-state index >= 15 is 0 Å². The molecule has 0 bridgehead atoms. The Morgan fingerprint density at radius 1 is 0.971 bits per heavy atom. The van der Waals surface area contributed by atoms with Crippen molar-refractivity contribution in [2.75, 3.05) is 0 Å². The van der Waals surface area contributed by atoms with E-state index in [-0.39, 0.29) is 20.2 Å². The molecule has 2 aromatic rings. The fourth-order valence-electron chi connectivity index (χ4n) is 4.47. The molecular weight excluding hydrogens is 611 g/mol. The van der Waals surface area contributed by atoms with E-state index in [0.29, 0.717) is 23.4 Å². The van der Waals surface area contributed by atoms with Gasteiger partial charge in [-0.15, -0.1) is 0 Å². The zero-order chi connectivity index (χ0) is 24.7. The quantitative estimate of drug-likeness (QED) is 0.247. The van der Waals surface area contributed by atoms with Gasteiger partial charge in [-0.25, -0.2) is 5.01 Å². The van der Waals surface area contributed by atoms with E-state index in [1.165, 1.54) is 25.1 Å². The summed E-state index contributed by atoms with van der Waals surface area (Å²) in [5.74, 6) is -3.30. The fourth-order valence-corrected chi connectivity index (χ4v) is 6.20. The summed E-state index contributed by atoms with van der Waals surface area (Å²) in [5, 5.41) is 2.20. The first-order chi connectivity index (χ1) is 16.1. The Balaban J connectivity index is 1.77. The van der Waals surface area contributed by atoms with Crippen molar-refractivity contribution in [3.05, 3.63) is 69.7 Å². The number of rotatable bonds is 5. The minimum absolute atomic E-state index is 0.00341. The van der Waals surface area contributed by atoms with Gasteiger partial charge in [0.2, 0.25) is 0 Å². The minimum atomic E-state index is -1.14. The maximum atomic E-state index is 13.7. The van der Waals surface area contributed by atoms with Crippen LogP contribution < -0.4 is 0 Å². The molecule has 5 atom stereocenters. The normalized spacial score (nSPS) is 25.1. The zero-order valence-electron chi connectivity index (χ0n) is 18.0. The number of amides is 3. The summed E-state index contributed by atoms with van der Waals surface area (Å²) in [7, 11) is 0. The van der Waals surface area contributed by atoms with Gasteiger partial charge in [-0.1, -0.05) is 85.4 Å². The summed E-state index contributed by atoms with van der Waals surface area (Å²) in [5.41, 5.74) is 0.388. The Labute approximate surface area is 223 Å². The van der Waals surface area contributed by atoms with Crippen LogP contribution in [0.25, 0.3) is 0 Å².